The van der Waals surface area contributed by atoms with E-state index < -0.39 is 46.1 Å². The van der Waals surface area contributed by atoms with Gasteiger partial charge in [0.15, 0.2) is 10.3 Å². The smallest absolute Gasteiger partial charge is 0.263 e. The molecule has 4 aliphatic heterocycles. The van der Waals surface area contributed by atoms with Gasteiger partial charge in [-0.2, -0.15) is 4.37 Å². The van der Waals surface area contributed by atoms with Crippen LogP contribution in [0.15, 0.2) is 274 Å². The molecule has 5 aliphatic rings. The first-order chi connectivity index (χ1) is 66.8. The molecule has 7 aromatic heterocycles. The average Bonchev–Trinajstić information content (AvgIpc) is 1.73. The van der Waals surface area contributed by atoms with Crippen molar-refractivity contribution in [1.29, 1.82) is 0 Å². The van der Waals surface area contributed by atoms with Gasteiger partial charge in [0.1, 0.15) is 42.6 Å². The van der Waals surface area contributed by atoms with E-state index >= 15 is 0 Å². The van der Waals surface area contributed by atoms with Gasteiger partial charge in [0, 0.05) is 206 Å². The molecule has 0 radical (unpaired) electrons. The fourth-order valence-corrected chi connectivity index (χ4v) is 24.4. The van der Waals surface area contributed by atoms with E-state index in [1.807, 2.05) is 155 Å². The number of hydrogen-bond donors (Lipinski definition) is 4. The van der Waals surface area contributed by atoms with Crippen molar-refractivity contribution in [2.24, 2.45) is 0 Å². The number of fused-ring (bicyclic) bond motifs is 4. The quantitative estimate of drug-likeness (QED) is 0.0462. The molecule has 4 atom stereocenters. The van der Waals surface area contributed by atoms with Crippen LogP contribution in [0.4, 0.5) is 44.0 Å². The molecular weight excluding hydrogens is 1950 g/mol. The minimum Gasteiger partial charge on any atom is -0.368 e. The Balaban J connectivity index is 0.000000159. The molecule has 43 heteroatoms. The van der Waals surface area contributed by atoms with Crippen LogP contribution in [0.3, 0.4) is 0 Å². The number of benzene rings is 8. The summed E-state index contributed by atoms with van der Waals surface area (Å²) in [5, 5.41) is 8.64. The second-order valence-electron chi connectivity index (χ2n) is 33.6. The van der Waals surface area contributed by atoms with Gasteiger partial charge >= 0.3 is 0 Å². The number of nitrogens with zero attached hydrogens (tertiary/aromatic N) is 17. The number of anilines is 8. The number of nitrogens with one attached hydrogen (secondary N) is 4. The Morgan fingerprint density at radius 1 is 0.446 bits per heavy atom. The van der Waals surface area contributed by atoms with Gasteiger partial charge < -0.3 is 52.9 Å². The minimum atomic E-state index is -3.77. The third-order valence-electron chi connectivity index (χ3n) is 24.9. The van der Waals surface area contributed by atoms with E-state index in [1.165, 1.54) is 65.2 Å². The molecule has 8 aromatic carbocycles. The number of rotatable bonds is 23. The van der Waals surface area contributed by atoms with Crippen LogP contribution < -0.4 is 38.5 Å². The maximum atomic E-state index is 13.4. The molecule has 1 aliphatic carbocycles. The van der Waals surface area contributed by atoms with Gasteiger partial charge in [-0.25, -0.2) is 58.6 Å². The monoisotopic (exact) mass is 2050 g/mol. The van der Waals surface area contributed by atoms with Gasteiger partial charge in [-0.1, -0.05) is 77.8 Å². The minimum absolute atomic E-state index is 0. The van der Waals surface area contributed by atoms with Crippen molar-refractivity contribution in [3.63, 3.8) is 0 Å². The summed E-state index contributed by atoms with van der Waals surface area (Å²) in [4.78, 5) is 101. The highest BCUT2D eigenvalue weighted by molar-refractivity contribution is 7.93. The molecule has 20 rings (SSSR count). The van der Waals surface area contributed by atoms with E-state index in [2.05, 4.69) is 79.6 Å². The van der Waals surface area contributed by atoms with E-state index in [9.17, 15) is 57.6 Å². The Labute approximate surface area is 831 Å². The highest BCUT2D eigenvalue weighted by Gasteiger charge is 2.38. The van der Waals surface area contributed by atoms with E-state index in [4.69, 9.17) is 23.2 Å². The van der Waals surface area contributed by atoms with E-state index in [1.54, 1.807) is 119 Å². The van der Waals surface area contributed by atoms with Gasteiger partial charge in [-0.05, 0) is 209 Å². The Morgan fingerprint density at radius 2 is 0.928 bits per heavy atom. The Kier molecular flexibility index (Phi) is 29.2. The van der Waals surface area contributed by atoms with Gasteiger partial charge in [-0.3, -0.25) is 42.9 Å². The van der Waals surface area contributed by atoms with E-state index in [0.717, 1.165) is 79.0 Å². The molecule has 0 spiro atoms. The molecule has 11 heterocycles. The zero-order chi connectivity index (χ0) is 97.6. The van der Waals surface area contributed by atoms with Crippen LogP contribution in [0.5, 0.6) is 0 Å². The van der Waals surface area contributed by atoms with Crippen LogP contribution in [-0.2, 0) is 70.5 Å². The van der Waals surface area contributed by atoms with Crippen molar-refractivity contribution in [1.82, 2.24) is 62.6 Å². The number of sulfonamides is 4. The molecule has 728 valence electrons. The van der Waals surface area contributed by atoms with Crippen LogP contribution in [-0.4, -0.2) is 224 Å². The molecule has 15 aromatic rings. The molecule has 0 bridgehead atoms. The SMILES string of the molecule is C[C@@H](C(=O)N1CCN(c2ccc(S(=O)(=O)Nc3nccs3)cc2)C(=O)C1)n1ccc2ccccc21.Cc1cc2cc(Cl)ccc2n1C(C)C(=O)N1CCN(c2ccc(S(=O)(=O)Nc3nccs3)cc2)CC1.Cc1nsc(NS(=O)(=O)c2ccc(N3CCN(C(=O)C(C)n4ccc5cccc(Cl)c54)CC3)cc2)n1.O=C(C1Cc2ccccc21)N1CCN(c2ccc(S(=O)(=O)Nc3ccncn3)cc2)CC1.[HH].[HH].[HH].[HH]. The van der Waals surface area contributed by atoms with Crippen molar-refractivity contribution in [2.75, 3.05) is 137 Å². The summed E-state index contributed by atoms with van der Waals surface area (Å²) < 4.78 is 120. The predicted molar refractivity (Wildman–Crippen MR) is 551 cm³/mol. The third-order valence-corrected chi connectivity index (χ3v) is 33.4. The number of aryl methyl sites for hydroxylation is 2. The maximum Gasteiger partial charge on any atom is 0.263 e. The number of amides is 5. The molecule has 139 heavy (non-hydrogen) atoms. The number of para-hydroxylation sites is 2. The lowest BCUT2D eigenvalue weighted by Gasteiger charge is -2.40. The standard InChI is InChI=1S/C25H26ClN5O3S2.C24H25ClN6O3S2.C24H23N5O4S2.C23H23N5O3S.4H2/c1-17-15-19-16-20(26)3-8-23(19)31(17)18(2)24(32)30-12-10-29(11-13-30)21-4-6-22(7-5-21)36(33,34)28-25-27-9-14-35-25;1-16(31-11-10-18-4-3-5-21(25)22(18)31)23(32)30-14-12-29(13-15-30)19-6-8-20(9-7-19)36(33,34)28-24-26-17(2)27-35-24;1-17(28-12-10-18-4-2-3-5-21(18)28)23(31)27-13-14-29(22(30)16-27)19-6-8-20(9-7-19)35(32,33)26-24-25-11-15-34-24;29-23(21-15-17-3-1-2-4-20(17)21)28-13-11-27(12-14-28)18-5-7-19(8-6-18)32(30,31)26-22-9-10-24-16-25-22;;;;/h3-9,14-16,18H,10-13H2,1-2H3,(H,27,28);3-11,16H,12-15H2,1-2H3,(H,26,27,28);2-12,15,17H,13-14,16H2,1H3,(H,25,26);1-10,16,21H,11-15H2,(H,24,25,26);4*1H/t;;17-;;;;;/m..0...../s1. The second-order valence-corrected chi connectivity index (χ2v) is 43.7. The van der Waals surface area contributed by atoms with Crippen molar-refractivity contribution in [3.8, 4) is 0 Å². The van der Waals surface area contributed by atoms with Crippen LogP contribution in [0, 0.1) is 13.8 Å². The summed E-state index contributed by atoms with van der Waals surface area (Å²) in [6.45, 7) is 17.8. The number of piperazine rings is 4. The van der Waals surface area contributed by atoms with Crippen molar-refractivity contribution in [3.05, 3.63) is 287 Å². The van der Waals surface area contributed by atoms with Crippen LogP contribution in [0.2, 0.25) is 10.0 Å². The van der Waals surface area contributed by atoms with Crippen LogP contribution in [0.1, 0.15) is 73.2 Å². The Bertz CT molecular complexity index is 7500. The number of aromatic nitrogens is 9. The zero-order valence-corrected chi connectivity index (χ0v) is 83.1. The van der Waals surface area contributed by atoms with Crippen LogP contribution in [0.25, 0.3) is 32.7 Å². The fraction of sp³-hybridized carbons (Fsp3) is 0.260. The molecule has 3 unspecified atom stereocenters. The number of carbonyl (C=O) groups excluding carboxylic acids is 5. The zero-order valence-electron chi connectivity index (χ0n) is 75.9. The number of halogens is 2. The molecule has 5 amide bonds. The van der Waals surface area contributed by atoms with Crippen LogP contribution >= 0.6 is 57.4 Å². The lowest BCUT2D eigenvalue weighted by Crippen LogP contribution is -2.53. The molecule has 0 saturated carbocycles. The van der Waals surface area contributed by atoms with Crippen molar-refractivity contribution >= 4 is 204 Å². The maximum absolute atomic E-state index is 13.4. The van der Waals surface area contributed by atoms with E-state index in [0.29, 0.717) is 118 Å². The van der Waals surface area contributed by atoms with Gasteiger partial charge in [0.25, 0.3) is 40.1 Å². The first-order valence-corrected chi connectivity index (χ1v) is 53.7. The first-order valence-electron chi connectivity index (χ1n) is 44.5. The Morgan fingerprint density at radius 3 is 1.45 bits per heavy atom. The first kappa shape index (κ1) is 97.3. The van der Waals surface area contributed by atoms with E-state index in [-0.39, 0.29) is 95.5 Å². The van der Waals surface area contributed by atoms with Gasteiger partial charge in [0.2, 0.25) is 34.7 Å². The number of carbonyl (C=O) groups is 5. The van der Waals surface area contributed by atoms with Gasteiger partial charge in [-0.15, -0.1) is 22.7 Å². The summed E-state index contributed by atoms with van der Waals surface area (Å²) in [5.41, 5.74) is 9.63. The summed E-state index contributed by atoms with van der Waals surface area (Å²) in [6, 6.07) is 60.2. The average molecular weight is 2060 g/mol. The van der Waals surface area contributed by atoms with Crippen molar-refractivity contribution < 1.29 is 63.4 Å². The number of hydrogen-bond acceptors (Lipinski definition) is 25. The summed E-state index contributed by atoms with van der Waals surface area (Å²) in [7, 11) is -14.9. The lowest BCUT2D eigenvalue weighted by molar-refractivity contribution is -0.139. The summed E-state index contributed by atoms with van der Waals surface area (Å²) in [5.74, 6) is 0.737. The molecule has 4 saturated heterocycles. The highest BCUT2D eigenvalue weighted by Crippen LogP contribution is 2.39. The highest BCUT2D eigenvalue weighted by atomic mass is 35.5. The lowest BCUT2D eigenvalue weighted by atomic mass is 9.77. The molecule has 34 nitrogen and oxygen atoms in total. The number of thiazole rings is 2. The molecule has 4 N–H and O–H groups in total. The van der Waals surface area contributed by atoms with Gasteiger partial charge in [0.05, 0.1) is 36.0 Å². The predicted octanol–water partition coefficient (Wildman–Crippen LogP) is 15.5. The van der Waals surface area contributed by atoms with Crippen molar-refractivity contribution in [2.45, 2.75) is 84.7 Å². The fourth-order valence-electron chi connectivity index (χ4n) is 17.6. The largest absolute Gasteiger partial charge is 0.368 e. The topological polar surface area (TPSA) is 388 Å². The summed E-state index contributed by atoms with van der Waals surface area (Å²) >= 11 is 16.0. The molecular formula is C96H105Cl2N21O13S7. The normalized spacial score (nSPS) is 15.9. The Hall–Kier alpha value is -13.4. The summed E-state index contributed by atoms with van der Waals surface area (Å²) in [6.07, 6.45) is 10.5. The second kappa shape index (κ2) is 41.7. The third kappa shape index (κ3) is 22.0. The molecule has 4 fully saturated rings.